The first-order chi connectivity index (χ1) is 8.11. The van der Waals surface area contributed by atoms with Crippen molar-refractivity contribution in [2.24, 2.45) is 11.7 Å². The number of carbonyl (C=O) groups is 1. The van der Waals surface area contributed by atoms with Crippen LogP contribution in [0, 0.1) is 11.7 Å². The van der Waals surface area contributed by atoms with Gasteiger partial charge in [0.05, 0.1) is 5.56 Å². The second-order valence-corrected chi connectivity index (χ2v) is 5.12. The molecule has 1 aliphatic rings. The molecular weight excluding hydrogens is 287 g/mol. The van der Waals surface area contributed by atoms with Crippen LogP contribution in [0.1, 0.15) is 16.8 Å². The number of nitrogens with zero attached hydrogens (tertiary/aromatic N) is 1. The Morgan fingerprint density at radius 2 is 2.35 bits per heavy atom. The molecule has 0 bridgehead atoms. The molecule has 0 radical (unpaired) electrons. The molecule has 3 nitrogen and oxygen atoms in total. The van der Waals surface area contributed by atoms with Gasteiger partial charge in [-0.05, 0) is 53.0 Å². The van der Waals surface area contributed by atoms with Gasteiger partial charge in [-0.25, -0.2) is 4.39 Å². The zero-order chi connectivity index (χ0) is 12.4. The molecule has 0 spiro atoms. The maximum atomic E-state index is 13.1. The monoisotopic (exact) mass is 300 g/mol. The average molecular weight is 301 g/mol. The van der Waals surface area contributed by atoms with Crippen molar-refractivity contribution in [1.82, 2.24) is 4.90 Å². The van der Waals surface area contributed by atoms with Crippen molar-refractivity contribution in [1.29, 1.82) is 0 Å². The smallest absolute Gasteiger partial charge is 0.255 e. The number of amides is 1. The van der Waals surface area contributed by atoms with Gasteiger partial charge in [0, 0.05) is 17.6 Å². The third-order valence-corrected chi connectivity index (χ3v) is 3.76. The molecule has 1 aliphatic heterocycles. The molecular formula is C12H14BrFN2O. The van der Waals surface area contributed by atoms with Crippen LogP contribution in [0.15, 0.2) is 22.7 Å². The minimum absolute atomic E-state index is 0.132. The molecule has 0 saturated carbocycles. The van der Waals surface area contributed by atoms with E-state index >= 15 is 0 Å². The van der Waals surface area contributed by atoms with Crippen LogP contribution in [0.2, 0.25) is 0 Å². The molecule has 1 unspecified atom stereocenters. The van der Waals surface area contributed by atoms with E-state index in [4.69, 9.17) is 5.73 Å². The van der Waals surface area contributed by atoms with E-state index in [1.165, 1.54) is 12.1 Å². The number of halogens is 2. The minimum atomic E-state index is -0.397. The molecule has 1 saturated heterocycles. The van der Waals surface area contributed by atoms with Crippen molar-refractivity contribution < 1.29 is 9.18 Å². The fourth-order valence-corrected chi connectivity index (χ4v) is 2.46. The van der Waals surface area contributed by atoms with Gasteiger partial charge < -0.3 is 10.6 Å². The molecule has 1 amide bonds. The summed E-state index contributed by atoms with van der Waals surface area (Å²) in [5.41, 5.74) is 5.96. The first-order valence-electron chi connectivity index (χ1n) is 5.56. The molecule has 5 heteroatoms. The average Bonchev–Trinajstić information content (AvgIpc) is 2.80. The summed E-state index contributed by atoms with van der Waals surface area (Å²) >= 11 is 3.27. The first-order valence-corrected chi connectivity index (χ1v) is 6.35. The van der Waals surface area contributed by atoms with E-state index in [1.54, 1.807) is 11.0 Å². The summed E-state index contributed by atoms with van der Waals surface area (Å²) < 4.78 is 13.8. The van der Waals surface area contributed by atoms with Gasteiger partial charge in [-0.15, -0.1) is 0 Å². The van der Waals surface area contributed by atoms with Crippen LogP contribution in [-0.4, -0.2) is 30.4 Å². The van der Waals surface area contributed by atoms with E-state index in [0.29, 0.717) is 35.6 Å². The van der Waals surface area contributed by atoms with Gasteiger partial charge in [0.2, 0.25) is 0 Å². The summed E-state index contributed by atoms with van der Waals surface area (Å²) in [6, 6.07) is 4.15. The molecule has 1 fully saturated rings. The molecule has 1 heterocycles. The van der Waals surface area contributed by atoms with E-state index in [9.17, 15) is 9.18 Å². The Labute approximate surface area is 108 Å². The van der Waals surface area contributed by atoms with Crippen LogP contribution in [0.25, 0.3) is 0 Å². The highest BCUT2D eigenvalue weighted by molar-refractivity contribution is 9.10. The van der Waals surface area contributed by atoms with Crippen LogP contribution >= 0.6 is 15.9 Å². The molecule has 1 aromatic carbocycles. The lowest BCUT2D eigenvalue weighted by Crippen LogP contribution is -2.30. The highest BCUT2D eigenvalue weighted by Gasteiger charge is 2.27. The Hall–Kier alpha value is -0.940. The van der Waals surface area contributed by atoms with Gasteiger partial charge in [-0.1, -0.05) is 0 Å². The number of rotatable bonds is 2. The predicted molar refractivity (Wildman–Crippen MR) is 67.2 cm³/mol. The van der Waals surface area contributed by atoms with Gasteiger partial charge in [0.15, 0.2) is 0 Å². The summed E-state index contributed by atoms with van der Waals surface area (Å²) in [5, 5.41) is 0. The lowest BCUT2D eigenvalue weighted by molar-refractivity contribution is 0.0786. The predicted octanol–water partition coefficient (Wildman–Crippen LogP) is 2.01. The topological polar surface area (TPSA) is 46.3 Å². The van der Waals surface area contributed by atoms with Crippen LogP contribution in [0.4, 0.5) is 4.39 Å². The van der Waals surface area contributed by atoms with Gasteiger partial charge in [-0.2, -0.15) is 0 Å². The maximum Gasteiger partial charge on any atom is 0.255 e. The van der Waals surface area contributed by atoms with Gasteiger partial charge in [0.25, 0.3) is 5.91 Å². The fourth-order valence-electron chi connectivity index (χ4n) is 2.04. The Morgan fingerprint density at radius 3 is 3.00 bits per heavy atom. The van der Waals surface area contributed by atoms with Crippen molar-refractivity contribution in [3.05, 3.63) is 34.1 Å². The molecule has 2 N–H and O–H groups in total. The number of hydrogen-bond donors (Lipinski definition) is 1. The Bertz CT molecular complexity index is 439. The number of hydrogen-bond acceptors (Lipinski definition) is 2. The van der Waals surface area contributed by atoms with Crippen LogP contribution in [0.5, 0.6) is 0 Å². The lowest BCUT2D eigenvalue weighted by atomic mass is 10.1. The Balaban J connectivity index is 2.17. The fraction of sp³-hybridized carbons (Fsp3) is 0.417. The summed E-state index contributed by atoms with van der Waals surface area (Å²) in [5.74, 6) is -0.162. The number of carbonyl (C=O) groups excluding carboxylic acids is 1. The highest BCUT2D eigenvalue weighted by Crippen LogP contribution is 2.23. The van der Waals surface area contributed by atoms with Crippen LogP contribution < -0.4 is 5.73 Å². The number of nitrogens with two attached hydrogens (primary N) is 1. The number of likely N-dealkylation sites (tertiary alicyclic amines) is 1. The van der Waals surface area contributed by atoms with Gasteiger partial charge in [-0.3, -0.25) is 4.79 Å². The van der Waals surface area contributed by atoms with Crippen molar-refractivity contribution in [2.75, 3.05) is 19.6 Å². The summed E-state index contributed by atoms with van der Waals surface area (Å²) in [6.45, 7) is 1.95. The van der Waals surface area contributed by atoms with Crippen molar-refractivity contribution in [3.8, 4) is 0 Å². The molecule has 92 valence electrons. The van der Waals surface area contributed by atoms with Crippen molar-refractivity contribution in [3.63, 3.8) is 0 Å². The zero-order valence-corrected chi connectivity index (χ0v) is 10.9. The molecule has 17 heavy (non-hydrogen) atoms. The third-order valence-electron chi connectivity index (χ3n) is 3.07. The van der Waals surface area contributed by atoms with Gasteiger partial charge in [0.1, 0.15) is 5.82 Å². The van der Waals surface area contributed by atoms with E-state index in [-0.39, 0.29) is 5.91 Å². The molecule has 0 aliphatic carbocycles. The first kappa shape index (κ1) is 12.5. The largest absolute Gasteiger partial charge is 0.338 e. The Kier molecular flexibility index (Phi) is 3.79. The van der Waals surface area contributed by atoms with Crippen LogP contribution in [-0.2, 0) is 0 Å². The van der Waals surface area contributed by atoms with E-state index in [1.807, 2.05) is 0 Å². The molecule has 1 atom stereocenters. The third kappa shape index (κ3) is 2.66. The second kappa shape index (κ2) is 5.14. The minimum Gasteiger partial charge on any atom is -0.338 e. The van der Waals surface area contributed by atoms with Gasteiger partial charge >= 0.3 is 0 Å². The zero-order valence-electron chi connectivity index (χ0n) is 9.33. The lowest BCUT2D eigenvalue weighted by Gasteiger charge is -2.17. The van der Waals surface area contributed by atoms with Crippen LogP contribution in [0.3, 0.4) is 0 Å². The molecule has 1 aromatic rings. The summed E-state index contributed by atoms with van der Waals surface area (Å²) in [6.07, 6.45) is 0.926. The quantitative estimate of drug-likeness (QED) is 0.908. The normalized spacial score (nSPS) is 19.7. The molecule has 2 rings (SSSR count). The number of benzene rings is 1. The second-order valence-electron chi connectivity index (χ2n) is 4.27. The van der Waals surface area contributed by atoms with E-state index < -0.39 is 5.82 Å². The van der Waals surface area contributed by atoms with E-state index in [2.05, 4.69) is 15.9 Å². The highest BCUT2D eigenvalue weighted by atomic mass is 79.9. The standard InChI is InChI=1S/C12H14BrFN2O/c13-11-2-1-9(14)5-10(11)12(17)16-4-3-8(6-15)7-16/h1-2,5,8H,3-4,6-7,15H2. The summed E-state index contributed by atoms with van der Waals surface area (Å²) in [7, 11) is 0. The summed E-state index contributed by atoms with van der Waals surface area (Å²) in [4.78, 5) is 13.9. The SMILES string of the molecule is NCC1CCN(C(=O)c2cc(F)ccc2Br)C1. The van der Waals surface area contributed by atoms with Crippen molar-refractivity contribution in [2.45, 2.75) is 6.42 Å². The Morgan fingerprint density at radius 1 is 1.59 bits per heavy atom. The van der Waals surface area contributed by atoms with Crippen molar-refractivity contribution >= 4 is 21.8 Å². The molecule has 0 aromatic heterocycles. The van der Waals surface area contributed by atoms with E-state index in [0.717, 1.165) is 6.42 Å². The maximum absolute atomic E-state index is 13.1.